The molecule has 1 aliphatic heterocycles. The van der Waals surface area contributed by atoms with Crippen molar-refractivity contribution in [3.05, 3.63) is 76.3 Å². The van der Waals surface area contributed by atoms with Gasteiger partial charge in [0, 0.05) is 35.7 Å². The zero-order valence-corrected chi connectivity index (χ0v) is 14.1. The second-order valence-electron chi connectivity index (χ2n) is 5.51. The normalized spacial score (nSPS) is 14.9. The van der Waals surface area contributed by atoms with Gasteiger partial charge in [-0.05, 0) is 61.4 Å². The summed E-state index contributed by atoms with van der Waals surface area (Å²) in [6.45, 7) is 4.24. The Morgan fingerprint density at radius 2 is 1.65 bits per heavy atom. The van der Waals surface area contributed by atoms with E-state index in [0.717, 1.165) is 27.8 Å². The van der Waals surface area contributed by atoms with Gasteiger partial charge in [0.2, 0.25) is 0 Å². The van der Waals surface area contributed by atoms with Crippen molar-refractivity contribution in [3.8, 4) is 0 Å². The molecular weight excluding hydrogens is 308 g/mol. The molecule has 118 valence electrons. The van der Waals surface area contributed by atoms with Crippen molar-refractivity contribution in [1.82, 2.24) is 15.4 Å². The molecule has 23 heavy (non-hydrogen) atoms. The molecule has 2 heterocycles. The Balaban J connectivity index is 1.95. The highest BCUT2D eigenvalue weighted by Crippen LogP contribution is 2.30. The minimum atomic E-state index is 0.728. The monoisotopic (exact) mass is 326 g/mol. The summed E-state index contributed by atoms with van der Waals surface area (Å²) >= 11 is 5.94. The van der Waals surface area contributed by atoms with Gasteiger partial charge in [0.25, 0.3) is 0 Å². The molecule has 0 radical (unpaired) electrons. The Bertz CT molecular complexity index is 763. The molecule has 4 nitrogen and oxygen atoms in total. The van der Waals surface area contributed by atoms with Gasteiger partial charge in [-0.1, -0.05) is 11.6 Å². The summed E-state index contributed by atoms with van der Waals surface area (Å²) in [6, 6.07) is 11.7. The molecule has 0 saturated carbocycles. The molecule has 2 N–H and O–H groups in total. The number of hydrazine groups is 1. The average Bonchev–Trinajstić information content (AvgIpc) is 2.55. The van der Waals surface area contributed by atoms with Gasteiger partial charge in [-0.3, -0.25) is 15.4 Å². The third-order valence-corrected chi connectivity index (χ3v) is 4.23. The minimum Gasteiger partial charge on any atom is -0.340 e. The maximum Gasteiger partial charge on any atom is 0.125 e. The van der Waals surface area contributed by atoms with E-state index in [1.54, 1.807) is 0 Å². The zero-order valence-electron chi connectivity index (χ0n) is 13.4. The van der Waals surface area contributed by atoms with Crippen molar-refractivity contribution in [2.75, 3.05) is 12.4 Å². The number of rotatable bonds is 3. The van der Waals surface area contributed by atoms with E-state index in [-0.39, 0.29) is 0 Å². The molecule has 0 unspecified atom stereocenters. The standard InChI is InChI=1S/C18H19ClN4/c1-12-13(2)18(21-16-6-4-15(19)5-7-16)22-23(3)17(12)14-8-10-20-11-9-14/h4-11,21-22H,1-3H3. The Labute approximate surface area is 141 Å². The van der Waals surface area contributed by atoms with Crippen LogP contribution in [0.25, 0.3) is 5.70 Å². The van der Waals surface area contributed by atoms with Gasteiger partial charge in [0.15, 0.2) is 0 Å². The lowest BCUT2D eigenvalue weighted by molar-refractivity contribution is 0.382. The van der Waals surface area contributed by atoms with Crippen LogP contribution < -0.4 is 10.7 Å². The molecule has 1 aromatic carbocycles. The minimum absolute atomic E-state index is 0.728. The van der Waals surface area contributed by atoms with E-state index in [9.17, 15) is 0 Å². The SMILES string of the molecule is CC1=C(Nc2ccc(Cl)cc2)NN(C)C(c2ccncc2)=C1C. The van der Waals surface area contributed by atoms with E-state index in [2.05, 4.69) is 29.6 Å². The van der Waals surface area contributed by atoms with Crippen molar-refractivity contribution in [2.45, 2.75) is 13.8 Å². The molecule has 0 saturated heterocycles. The number of nitrogens with zero attached hydrogens (tertiary/aromatic N) is 2. The molecule has 0 aliphatic carbocycles. The number of hydrogen-bond donors (Lipinski definition) is 2. The summed E-state index contributed by atoms with van der Waals surface area (Å²) in [5, 5.41) is 6.16. The highest BCUT2D eigenvalue weighted by atomic mass is 35.5. The lowest BCUT2D eigenvalue weighted by atomic mass is 10.0. The molecule has 0 spiro atoms. The summed E-state index contributed by atoms with van der Waals surface area (Å²) in [5.74, 6) is 0.963. The molecule has 0 amide bonds. The third-order valence-electron chi connectivity index (χ3n) is 3.97. The Morgan fingerprint density at radius 3 is 2.30 bits per heavy atom. The molecule has 0 atom stereocenters. The maximum atomic E-state index is 5.94. The Kier molecular flexibility index (Phi) is 4.26. The zero-order chi connectivity index (χ0) is 16.4. The van der Waals surface area contributed by atoms with Crippen LogP contribution in [-0.4, -0.2) is 17.0 Å². The van der Waals surface area contributed by atoms with Gasteiger partial charge >= 0.3 is 0 Å². The van der Waals surface area contributed by atoms with E-state index in [1.165, 1.54) is 11.1 Å². The summed E-state index contributed by atoms with van der Waals surface area (Å²) in [4.78, 5) is 4.09. The van der Waals surface area contributed by atoms with Crippen LogP contribution in [0, 0.1) is 0 Å². The number of halogens is 1. The third kappa shape index (κ3) is 3.17. The fraction of sp³-hybridized carbons (Fsp3) is 0.167. The topological polar surface area (TPSA) is 40.2 Å². The Morgan fingerprint density at radius 1 is 1.00 bits per heavy atom. The first-order chi connectivity index (χ1) is 11.1. The van der Waals surface area contributed by atoms with Gasteiger partial charge in [-0.15, -0.1) is 0 Å². The first kappa shape index (κ1) is 15.4. The summed E-state index contributed by atoms with van der Waals surface area (Å²) < 4.78 is 0. The number of allylic oxidation sites excluding steroid dienone is 2. The molecule has 1 aromatic heterocycles. The van der Waals surface area contributed by atoms with Crippen LogP contribution in [0.3, 0.4) is 0 Å². The van der Waals surface area contributed by atoms with E-state index in [0.29, 0.717) is 0 Å². The second-order valence-corrected chi connectivity index (χ2v) is 5.95. The molecule has 3 rings (SSSR count). The molecule has 0 fully saturated rings. The smallest absolute Gasteiger partial charge is 0.125 e. The summed E-state index contributed by atoms with van der Waals surface area (Å²) in [5.41, 5.74) is 9.06. The van der Waals surface area contributed by atoms with E-state index in [4.69, 9.17) is 11.6 Å². The maximum absolute atomic E-state index is 5.94. The number of benzene rings is 1. The molecule has 2 aromatic rings. The largest absolute Gasteiger partial charge is 0.340 e. The molecular formula is C18H19ClN4. The number of anilines is 1. The van der Waals surface area contributed by atoms with E-state index >= 15 is 0 Å². The number of aromatic nitrogens is 1. The number of hydrogen-bond acceptors (Lipinski definition) is 4. The summed E-state index contributed by atoms with van der Waals surface area (Å²) in [6.07, 6.45) is 3.62. The van der Waals surface area contributed by atoms with Gasteiger partial charge in [-0.2, -0.15) is 0 Å². The van der Waals surface area contributed by atoms with Crippen LogP contribution in [0.1, 0.15) is 19.4 Å². The first-order valence-electron chi connectivity index (χ1n) is 7.42. The fourth-order valence-electron chi connectivity index (χ4n) is 2.64. The van der Waals surface area contributed by atoms with Crippen LogP contribution in [0.4, 0.5) is 5.69 Å². The van der Waals surface area contributed by atoms with Crippen molar-refractivity contribution in [1.29, 1.82) is 0 Å². The lowest BCUT2D eigenvalue weighted by Crippen LogP contribution is -2.39. The molecule has 0 bridgehead atoms. The van der Waals surface area contributed by atoms with Gasteiger partial charge in [0.05, 0.1) is 5.70 Å². The molecule has 1 aliphatic rings. The highest BCUT2D eigenvalue weighted by molar-refractivity contribution is 6.30. The highest BCUT2D eigenvalue weighted by Gasteiger charge is 2.21. The van der Waals surface area contributed by atoms with Gasteiger partial charge in [-0.25, -0.2) is 0 Å². The average molecular weight is 327 g/mol. The lowest BCUT2D eigenvalue weighted by Gasteiger charge is -2.34. The Hall–Kier alpha value is -2.46. The predicted molar refractivity (Wildman–Crippen MR) is 95.5 cm³/mol. The van der Waals surface area contributed by atoms with Gasteiger partial charge < -0.3 is 5.32 Å². The van der Waals surface area contributed by atoms with Crippen LogP contribution in [-0.2, 0) is 0 Å². The first-order valence-corrected chi connectivity index (χ1v) is 7.79. The summed E-state index contributed by atoms with van der Waals surface area (Å²) in [7, 11) is 2.01. The van der Waals surface area contributed by atoms with Crippen molar-refractivity contribution >= 4 is 23.0 Å². The quantitative estimate of drug-likeness (QED) is 0.884. The molecule has 5 heteroatoms. The number of pyridine rings is 1. The van der Waals surface area contributed by atoms with Crippen molar-refractivity contribution in [3.63, 3.8) is 0 Å². The van der Waals surface area contributed by atoms with Crippen LogP contribution in [0.15, 0.2) is 65.8 Å². The number of nitrogens with one attached hydrogen (secondary N) is 2. The predicted octanol–water partition coefficient (Wildman–Crippen LogP) is 4.26. The van der Waals surface area contributed by atoms with E-state index < -0.39 is 0 Å². The second kappa shape index (κ2) is 6.34. The van der Waals surface area contributed by atoms with Crippen LogP contribution >= 0.6 is 11.6 Å². The van der Waals surface area contributed by atoms with E-state index in [1.807, 2.05) is 60.8 Å². The fourth-order valence-corrected chi connectivity index (χ4v) is 2.77. The van der Waals surface area contributed by atoms with Crippen molar-refractivity contribution in [2.24, 2.45) is 0 Å². The van der Waals surface area contributed by atoms with Crippen LogP contribution in [0.5, 0.6) is 0 Å². The van der Waals surface area contributed by atoms with Crippen molar-refractivity contribution < 1.29 is 0 Å². The van der Waals surface area contributed by atoms with Gasteiger partial charge in [0.1, 0.15) is 5.82 Å². The van der Waals surface area contributed by atoms with Crippen LogP contribution in [0.2, 0.25) is 5.02 Å².